The molecule has 1 aliphatic heterocycles. The molecule has 1 fully saturated rings. The topological polar surface area (TPSA) is 89.7 Å². The molecule has 1 atom stereocenters. The molecule has 0 bridgehead atoms. The third-order valence-corrected chi connectivity index (χ3v) is 4.72. The lowest BCUT2D eigenvalue weighted by Crippen LogP contribution is -2.27. The zero-order chi connectivity index (χ0) is 15.8. The van der Waals surface area contributed by atoms with E-state index in [2.05, 4.69) is 0 Å². The molecule has 1 saturated heterocycles. The highest BCUT2D eigenvalue weighted by Crippen LogP contribution is 2.38. The Balaban J connectivity index is 2.29. The minimum atomic E-state index is -3.62. The Morgan fingerprint density at radius 2 is 2.05 bits per heavy atom. The molecule has 1 heterocycles. The van der Waals surface area contributed by atoms with Crippen LogP contribution < -0.4 is 14.8 Å². The molecule has 0 aliphatic carbocycles. The summed E-state index contributed by atoms with van der Waals surface area (Å²) >= 11 is 12.1. The third kappa shape index (κ3) is 3.79. The Morgan fingerprint density at radius 1 is 1.38 bits per heavy atom. The molecule has 1 unspecified atom stereocenters. The fraction of sp³-hybridized carbons (Fsp3) is 0.417. The average Bonchev–Trinajstić information content (AvgIpc) is 2.68. The first kappa shape index (κ1) is 16.4. The van der Waals surface area contributed by atoms with Crippen LogP contribution in [-0.4, -0.2) is 33.7 Å². The molecule has 1 aliphatic rings. The number of primary sulfonamides is 1. The van der Waals surface area contributed by atoms with Gasteiger partial charge in [-0.25, -0.2) is 13.6 Å². The van der Waals surface area contributed by atoms with Gasteiger partial charge >= 0.3 is 0 Å². The highest BCUT2D eigenvalue weighted by molar-refractivity contribution is 7.89. The highest BCUT2D eigenvalue weighted by Gasteiger charge is 2.34. The lowest BCUT2D eigenvalue weighted by atomic mass is 10.1. The standard InChI is InChI=1S/C12H14Cl2N2O4S/c1-20-11-4-10(8(13)3-9(11)14)16-5-7(2-12(16)17)6-21(15,18)19/h3-4,7H,2,5-6H2,1H3,(H2,15,18,19). The zero-order valence-electron chi connectivity index (χ0n) is 11.2. The van der Waals surface area contributed by atoms with Gasteiger partial charge in [-0.05, 0) is 6.07 Å². The van der Waals surface area contributed by atoms with Crippen molar-refractivity contribution in [2.24, 2.45) is 11.1 Å². The van der Waals surface area contributed by atoms with Gasteiger partial charge in [0.25, 0.3) is 0 Å². The van der Waals surface area contributed by atoms with E-state index in [1.54, 1.807) is 6.07 Å². The molecule has 0 aromatic heterocycles. The maximum Gasteiger partial charge on any atom is 0.227 e. The number of hydrogen-bond acceptors (Lipinski definition) is 4. The van der Waals surface area contributed by atoms with E-state index in [9.17, 15) is 13.2 Å². The molecule has 21 heavy (non-hydrogen) atoms. The SMILES string of the molecule is COc1cc(N2CC(CS(N)(=O)=O)CC2=O)c(Cl)cc1Cl. The summed E-state index contributed by atoms with van der Waals surface area (Å²) in [6.07, 6.45) is 0.109. The second-order valence-electron chi connectivity index (χ2n) is 4.84. The fourth-order valence-corrected chi connectivity index (χ4v) is 3.78. The maximum absolute atomic E-state index is 12.1. The molecule has 2 N–H and O–H groups in total. The van der Waals surface area contributed by atoms with Crippen molar-refractivity contribution in [2.45, 2.75) is 6.42 Å². The van der Waals surface area contributed by atoms with Gasteiger partial charge in [-0.1, -0.05) is 23.2 Å². The van der Waals surface area contributed by atoms with E-state index >= 15 is 0 Å². The number of hydrogen-bond donors (Lipinski definition) is 1. The fourth-order valence-electron chi connectivity index (χ4n) is 2.34. The van der Waals surface area contributed by atoms with Crippen molar-refractivity contribution in [1.82, 2.24) is 0 Å². The first-order valence-electron chi connectivity index (χ1n) is 6.05. The molecule has 0 radical (unpaired) electrons. The van der Waals surface area contributed by atoms with Crippen LogP contribution in [0.3, 0.4) is 0 Å². The number of carbonyl (C=O) groups is 1. The zero-order valence-corrected chi connectivity index (χ0v) is 13.5. The summed E-state index contributed by atoms with van der Waals surface area (Å²) in [7, 11) is -2.17. The predicted octanol–water partition coefficient (Wildman–Crippen LogP) is 1.64. The smallest absolute Gasteiger partial charge is 0.227 e. The number of rotatable bonds is 4. The van der Waals surface area contributed by atoms with Gasteiger partial charge in [0.2, 0.25) is 15.9 Å². The Morgan fingerprint density at radius 3 is 2.62 bits per heavy atom. The first-order chi connectivity index (χ1) is 9.71. The normalized spacial score (nSPS) is 19.1. The van der Waals surface area contributed by atoms with E-state index < -0.39 is 10.0 Å². The number of anilines is 1. The molecular formula is C12H14Cl2N2O4S. The molecule has 1 amide bonds. The number of ether oxygens (including phenoxy) is 1. The van der Waals surface area contributed by atoms with Crippen LogP contribution in [0, 0.1) is 5.92 Å². The number of nitrogens with two attached hydrogens (primary N) is 1. The lowest BCUT2D eigenvalue weighted by molar-refractivity contribution is -0.117. The van der Waals surface area contributed by atoms with Crippen molar-refractivity contribution in [3.63, 3.8) is 0 Å². The monoisotopic (exact) mass is 352 g/mol. The Hall–Kier alpha value is -1.02. The molecular weight excluding hydrogens is 339 g/mol. The Labute approximate surface area is 132 Å². The summed E-state index contributed by atoms with van der Waals surface area (Å²) in [5, 5.41) is 5.65. The van der Waals surface area contributed by atoms with E-state index in [-0.39, 0.29) is 30.5 Å². The average molecular weight is 353 g/mol. The second kappa shape index (κ2) is 6.00. The number of carbonyl (C=O) groups excluding carboxylic acids is 1. The van der Waals surface area contributed by atoms with Gasteiger partial charge in [0.05, 0.1) is 28.6 Å². The van der Waals surface area contributed by atoms with E-state index in [0.29, 0.717) is 21.5 Å². The first-order valence-corrected chi connectivity index (χ1v) is 8.52. The summed E-state index contributed by atoms with van der Waals surface area (Å²) in [4.78, 5) is 13.5. The Bertz CT molecular complexity index is 678. The van der Waals surface area contributed by atoms with Crippen LogP contribution in [0.1, 0.15) is 6.42 Å². The van der Waals surface area contributed by atoms with Crippen molar-refractivity contribution in [2.75, 3.05) is 24.3 Å². The van der Waals surface area contributed by atoms with Crippen molar-refractivity contribution in [3.8, 4) is 5.75 Å². The van der Waals surface area contributed by atoms with Gasteiger partial charge in [-0.2, -0.15) is 0 Å². The minimum Gasteiger partial charge on any atom is -0.495 e. The Kier molecular flexibility index (Phi) is 4.67. The van der Waals surface area contributed by atoms with Crippen molar-refractivity contribution in [1.29, 1.82) is 0 Å². The molecule has 1 aromatic rings. The van der Waals surface area contributed by atoms with Crippen LogP contribution in [0.25, 0.3) is 0 Å². The summed E-state index contributed by atoms with van der Waals surface area (Å²) in [6.45, 7) is 0.236. The van der Waals surface area contributed by atoms with Crippen molar-refractivity contribution >= 4 is 44.8 Å². The molecule has 2 rings (SSSR count). The van der Waals surface area contributed by atoms with Gasteiger partial charge in [0.1, 0.15) is 5.75 Å². The van der Waals surface area contributed by atoms with Crippen LogP contribution in [-0.2, 0) is 14.8 Å². The maximum atomic E-state index is 12.1. The minimum absolute atomic E-state index is 0.109. The van der Waals surface area contributed by atoms with Gasteiger partial charge in [0, 0.05) is 24.9 Å². The second-order valence-corrected chi connectivity index (χ2v) is 7.32. The number of amides is 1. The number of sulfonamides is 1. The highest BCUT2D eigenvalue weighted by atomic mass is 35.5. The molecule has 1 aromatic carbocycles. The summed E-state index contributed by atoms with van der Waals surface area (Å²) in [6, 6.07) is 3.04. The molecule has 0 spiro atoms. The van der Waals surface area contributed by atoms with Crippen LogP contribution in [0.2, 0.25) is 10.0 Å². The molecule has 9 heteroatoms. The van der Waals surface area contributed by atoms with Crippen molar-refractivity contribution < 1.29 is 17.9 Å². The number of halogens is 2. The largest absolute Gasteiger partial charge is 0.495 e. The predicted molar refractivity (Wildman–Crippen MR) is 81.4 cm³/mol. The molecule has 0 saturated carbocycles. The van der Waals surface area contributed by atoms with Crippen LogP contribution in [0.5, 0.6) is 5.75 Å². The lowest BCUT2D eigenvalue weighted by Gasteiger charge is -2.19. The van der Waals surface area contributed by atoms with E-state index in [1.807, 2.05) is 0 Å². The van der Waals surface area contributed by atoms with Crippen LogP contribution >= 0.6 is 23.2 Å². The summed E-state index contributed by atoms with van der Waals surface area (Å²) in [5.41, 5.74) is 0.444. The summed E-state index contributed by atoms with van der Waals surface area (Å²) in [5.74, 6) is -0.420. The van der Waals surface area contributed by atoms with E-state index in [4.69, 9.17) is 33.1 Å². The number of methoxy groups -OCH3 is 1. The molecule has 6 nitrogen and oxygen atoms in total. The van der Waals surface area contributed by atoms with Crippen LogP contribution in [0.15, 0.2) is 12.1 Å². The van der Waals surface area contributed by atoms with E-state index in [0.717, 1.165) is 0 Å². The number of benzene rings is 1. The third-order valence-electron chi connectivity index (χ3n) is 3.19. The summed E-state index contributed by atoms with van der Waals surface area (Å²) < 4.78 is 27.4. The van der Waals surface area contributed by atoms with Gasteiger partial charge in [-0.3, -0.25) is 4.79 Å². The van der Waals surface area contributed by atoms with Crippen LogP contribution in [0.4, 0.5) is 5.69 Å². The number of nitrogens with zero attached hydrogens (tertiary/aromatic N) is 1. The van der Waals surface area contributed by atoms with Gasteiger partial charge in [-0.15, -0.1) is 0 Å². The van der Waals surface area contributed by atoms with Gasteiger partial charge < -0.3 is 9.64 Å². The molecule has 116 valence electrons. The van der Waals surface area contributed by atoms with Gasteiger partial charge in [0.15, 0.2) is 0 Å². The van der Waals surface area contributed by atoms with E-state index in [1.165, 1.54) is 18.1 Å². The van der Waals surface area contributed by atoms with Crippen molar-refractivity contribution in [3.05, 3.63) is 22.2 Å². The quantitative estimate of drug-likeness (QED) is 0.891.